The monoisotopic (exact) mass is 359 g/mol. The van der Waals surface area contributed by atoms with E-state index in [1.54, 1.807) is 0 Å². The Morgan fingerprint density at radius 2 is 1.75 bits per heavy atom. The lowest BCUT2D eigenvalue weighted by atomic mass is 10.1. The highest BCUT2D eigenvalue weighted by molar-refractivity contribution is 6.32. The summed E-state index contributed by atoms with van der Waals surface area (Å²) in [5.74, 6) is -0.179. The summed E-state index contributed by atoms with van der Waals surface area (Å²) < 4.78 is 48.4. The van der Waals surface area contributed by atoms with Crippen LogP contribution in [-0.4, -0.2) is 20.1 Å². The minimum Gasteiger partial charge on any atom is -0.495 e. The molecule has 2 aromatic rings. The average Bonchev–Trinajstić information content (AvgIpc) is 2.55. The Kier molecular flexibility index (Phi) is 5.23. The summed E-state index contributed by atoms with van der Waals surface area (Å²) in [4.78, 5) is 12.2. The first-order valence-corrected chi connectivity index (χ1v) is 7.04. The number of hydrogen-bond acceptors (Lipinski definition) is 3. The first-order valence-electron chi connectivity index (χ1n) is 6.66. The summed E-state index contributed by atoms with van der Waals surface area (Å²) in [6.07, 6.45) is -4.53. The highest BCUT2D eigenvalue weighted by Crippen LogP contribution is 2.36. The van der Waals surface area contributed by atoms with E-state index in [1.807, 2.05) is 0 Å². The van der Waals surface area contributed by atoms with Gasteiger partial charge in [-0.1, -0.05) is 17.7 Å². The third kappa shape index (κ3) is 3.91. The molecule has 1 amide bonds. The van der Waals surface area contributed by atoms with Gasteiger partial charge in [0.2, 0.25) is 0 Å². The van der Waals surface area contributed by atoms with Crippen LogP contribution in [-0.2, 0) is 6.18 Å². The van der Waals surface area contributed by atoms with E-state index < -0.39 is 17.6 Å². The molecular weight excluding hydrogens is 347 g/mol. The number of carbonyl (C=O) groups excluding carboxylic acids is 1. The first-order chi connectivity index (χ1) is 11.3. The zero-order valence-electron chi connectivity index (χ0n) is 12.7. The molecule has 1 N–H and O–H groups in total. The van der Waals surface area contributed by atoms with Crippen molar-refractivity contribution in [2.24, 2.45) is 0 Å². The summed E-state index contributed by atoms with van der Waals surface area (Å²) in [6, 6.07) is 6.97. The molecule has 0 bridgehead atoms. The van der Waals surface area contributed by atoms with Gasteiger partial charge in [0.25, 0.3) is 5.91 Å². The maximum Gasteiger partial charge on any atom is 0.416 e. The Labute approximate surface area is 141 Å². The fourth-order valence-electron chi connectivity index (χ4n) is 1.99. The molecule has 2 aromatic carbocycles. The predicted octanol–water partition coefficient (Wildman–Crippen LogP) is 4.63. The van der Waals surface area contributed by atoms with Gasteiger partial charge in [-0.15, -0.1) is 0 Å². The van der Waals surface area contributed by atoms with E-state index in [-0.39, 0.29) is 27.8 Å². The fourth-order valence-corrected chi connectivity index (χ4v) is 2.22. The van der Waals surface area contributed by atoms with Gasteiger partial charge >= 0.3 is 6.18 Å². The number of carbonyl (C=O) groups is 1. The maximum atomic E-state index is 12.7. The van der Waals surface area contributed by atoms with E-state index >= 15 is 0 Å². The molecule has 0 fully saturated rings. The molecule has 0 spiro atoms. The molecule has 0 radical (unpaired) electrons. The quantitative estimate of drug-likeness (QED) is 0.866. The lowest BCUT2D eigenvalue weighted by Gasteiger charge is -2.14. The second kappa shape index (κ2) is 7.00. The van der Waals surface area contributed by atoms with Gasteiger partial charge in [-0.25, -0.2) is 0 Å². The number of rotatable bonds is 4. The molecule has 2 rings (SSSR count). The van der Waals surface area contributed by atoms with Crippen molar-refractivity contribution in [3.63, 3.8) is 0 Å². The molecule has 0 saturated heterocycles. The van der Waals surface area contributed by atoms with Gasteiger partial charge in [-0.3, -0.25) is 4.79 Å². The first kappa shape index (κ1) is 17.9. The number of hydrogen-bond donors (Lipinski definition) is 1. The standard InChI is InChI=1S/C16H13ClF3NO3/c1-23-13-8-12(14(24-2)7-11(13)17)21-15(22)9-4-3-5-10(6-9)16(18,19)20/h3-8H,1-2H3,(H,21,22). The molecule has 0 saturated carbocycles. The van der Waals surface area contributed by atoms with Gasteiger partial charge < -0.3 is 14.8 Å². The van der Waals surface area contributed by atoms with Gasteiger partial charge in [0.15, 0.2) is 0 Å². The van der Waals surface area contributed by atoms with Crippen molar-refractivity contribution >= 4 is 23.2 Å². The molecule has 0 aromatic heterocycles. The second-order valence-corrected chi connectivity index (χ2v) is 5.13. The largest absolute Gasteiger partial charge is 0.495 e. The Balaban J connectivity index is 2.33. The minimum absolute atomic E-state index is 0.138. The highest BCUT2D eigenvalue weighted by atomic mass is 35.5. The molecule has 24 heavy (non-hydrogen) atoms. The maximum absolute atomic E-state index is 12.7. The summed E-state index contributed by atoms with van der Waals surface area (Å²) in [6.45, 7) is 0. The third-order valence-corrected chi connectivity index (χ3v) is 3.47. The zero-order chi connectivity index (χ0) is 17.9. The van der Waals surface area contributed by atoms with Gasteiger partial charge in [0.1, 0.15) is 11.5 Å². The molecule has 4 nitrogen and oxygen atoms in total. The lowest BCUT2D eigenvalue weighted by Crippen LogP contribution is -2.14. The Bertz CT molecular complexity index is 763. The van der Waals surface area contributed by atoms with Crippen LogP contribution in [0.3, 0.4) is 0 Å². The Morgan fingerprint density at radius 1 is 1.08 bits per heavy atom. The average molecular weight is 360 g/mol. The molecule has 0 unspecified atom stereocenters. The normalized spacial score (nSPS) is 11.1. The highest BCUT2D eigenvalue weighted by Gasteiger charge is 2.31. The van der Waals surface area contributed by atoms with Crippen molar-refractivity contribution in [3.8, 4) is 11.5 Å². The number of anilines is 1. The van der Waals surface area contributed by atoms with Crippen LogP contribution in [0.1, 0.15) is 15.9 Å². The van der Waals surface area contributed by atoms with E-state index in [4.69, 9.17) is 21.1 Å². The van der Waals surface area contributed by atoms with E-state index in [1.165, 1.54) is 32.4 Å². The van der Waals surface area contributed by atoms with Crippen molar-refractivity contribution in [1.82, 2.24) is 0 Å². The summed E-state index contributed by atoms with van der Waals surface area (Å²) in [5, 5.41) is 2.76. The molecular formula is C16H13ClF3NO3. The molecule has 0 aliphatic heterocycles. The number of nitrogens with one attached hydrogen (secondary N) is 1. The van der Waals surface area contributed by atoms with Gasteiger partial charge in [0, 0.05) is 17.7 Å². The molecule has 128 valence electrons. The number of alkyl halides is 3. The topological polar surface area (TPSA) is 47.6 Å². The molecule has 0 aliphatic rings. The summed E-state index contributed by atoms with van der Waals surface area (Å²) in [7, 11) is 2.77. The Hall–Kier alpha value is -2.41. The molecule has 0 aliphatic carbocycles. The second-order valence-electron chi connectivity index (χ2n) is 4.72. The SMILES string of the molecule is COc1cc(NC(=O)c2cccc(C(F)(F)F)c2)c(OC)cc1Cl. The smallest absolute Gasteiger partial charge is 0.416 e. The van der Waals surface area contributed by atoms with Crippen LogP contribution in [0.15, 0.2) is 36.4 Å². The summed E-state index contributed by atoms with van der Waals surface area (Å²) in [5.41, 5.74) is -0.822. The van der Waals surface area contributed by atoms with Crippen molar-refractivity contribution in [1.29, 1.82) is 0 Å². The fraction of sp³-hybridized carbons (Fsp3) is 0.188. The van der Waals surface area contributed by atoms with Gasteiger partial charge in [-0.05, 0) is 18.2 Å². The van der Waals surface area contributed by atoms with Gasteiger partial charge in [-0.2, -0.15) is 13.2 Å². The van der Waals surface area contributed by atoms with E-state index in [2.05, 4.69) is 5.32 Å². The van der Waals surface area contributed by atoms with Crippen LogP contribution in [0.4, 0.5) is 18.9 Å². The number of amides is 1. The van der Waals surface area contributed by atoms with Crippen LogP contribution in [0.2, 0.25) is 5.02 Å². The predicted molar refractivity (Wildman–Crippen MR) is 84.0 cm³/mol. The summed E-state index contributed by atoms with van der Waals surface area (Å²) >= 11 is 5.96. The minimum atomic E-state index is -4.53. The Morgan fingerprint density at radius 3 is 2.33 bits per heavy atom. The lowest BCUT2D eigenvalue weighted by molar-refractivity contribution is -0.137. The van der Waals surface area contributed by atoms with E-state index in [0.29, 0.717) is 0 Å². The third-order valence-electron chi connectivity index (χ3n) is 3.17. The number of halogens is 4. The van der Waals surface area contributed by atoms with Crippen molar-refractivity contribution in [3.05, 3.63) is 52.5 Å². The zero-order valence-corrected chi connectivity index (χ0v) is 13.5. The van der Waals surface area contributed by atoms with E-state index in [9.17, 15) is 18.0 Å². The number of ether oxygens (including phenoxy) is 2. The van der Waals surface area contributed by atoms with Crippen LogP contribution < -0.4 is 14.8 Å². The van der Waals surface area contributed by atoms with Crippen molar-refractivity contribution < 1.29 is 27.4 Å². The van der Waals surface area contributed by atoms with Crippen molar-refractivity contribution in [2.45, 2.75) is 6.18 Å². The molecule has 0 atom stereocenters. The van der Waals surface area contributed by atoms with Crippen LogP contribution in [0.5, 0.6) is 11.5 Å². The molecule has 8 heteroatoms. The van der Waals surface area contributed by atoms with E-state index in [0.717, 1.165) is 18.2 Å². The van der Waals surface area contributed by atoms with Crippen molar-refractivity contribution in [2.75, 3.05) is 19.5 Å². The number of methoxy groups -OCH3 is 2. The molecule has 0 heterocycles. The van der Waals surface area contributed by atoms with Crippen LogP contribution >= 0.6 is 11.6 Å². The van der Waals surface area contributed by atoms with Crippen LogP contribution in [0, 0.1) is 0 Å². The van der Waals surface area contributed by atoms with Crippen LogP contribution in [0.25, 0.3) is 0 Å². The van der Waals surface area contributed by atoms with Gasteiger partial charge in [0.05, 0.1) is 30.5 Å². The number of benzene rings is 2.